The van der Waals surface area contributed by atoms with Crippen molar-refractivity contribution in [2.45, 2.75) is 26.2 Å². The summed E-state index contributed by atoms with van der Waals surface area (Å²) in [5.74, 6) is 0.244. The molecule has 0 aliphatic carbocycles. The summed E-state index contributed by atoms with van der Waals surface area (Å²) in [5, 5.41) is 0. The van der Waals surface area contributed by atoms with Crippen LogP contribution < -0.4 is 4.90 Å². The van der Waals surface area contributed by atoms with Crippen molar-refractivity contribution in [1.29, 1.82) is 0 Å². The highest BCUT2D eigenvalue weighted by Gasteiger charge is 2.24. The minimum atomic E-state index is 0.0709. The fourth-order valence-electron chi connectivity index (χ4n) is 3.36. The van der Waals surface area contributed by atoms with Crippen molar-refractivity contribution < 1.29 is 9.59 Å². The van der Waals surface area contributed by atoms with Crippen LogP contribution in [0.3, 0.4) is 0 Å². The van der Waals surface area contributed by atoms with Crippen molar-refractivity contribution in [3.8, 4) is 0 Å². The summed E-state index contributed by atoms with van der Waals surface area (Å²) in [6.45, 7) is 6.63. The summed E-state index contributed by atoms with van der Waals surface area (Å²) in [6, 6.07) is 7.96. The fraction of sp³-hybridized carbons (Fsp3) is 0.556. The van der Waals surface area contributed by atoms with Crippen molar-refractivity contribution >= 4 is 17.5 Å². The van der Waals surface area contributed by atoms with Crippen LogP contribution in [0.5, 0.6) is 0 Å². The Morgan fingerprint density at radius 1 is 0.870 bits per heavy atom. The lowest BCUT2D eigenvalue weighted by Crippen LogP contribution is -2.50. The molecular formula is C18H25N3O2. The molecule has 2 saturated heterocycles. The van der Waals surface area contributed by atoms with Crippen LogP contribution in [-0.2, 0) is 4.79 Å². The maximum Gasteiger partial charge on any atom is 0.253 e. The van der Waals surface area contributed by atoms with Crippen LogP contribution in [0.15, 0.2) is 24.3 Å². The molecule has 0 radical (unpaired) electrons. The van der Waals surface area contributed by atoms with E-state index in [9.17, 15) is 9.59 Å². The highest BCUT2D eigenvalue weighted by atomic mass is 16.2. The number of carbonyl (C=O) groups excluding carboxylic acids is 2. The first kappa shape index (κ1) is 15.8. The molecule has 5 nitrogen and oxygen atoms in total. The number of nitrogens with zero attached hydrogens (tertiary/aromatic N) is 3. The van der Waals surface area contributed by atoms with Gasteiger partial charge in [0.05, 0.1) is 0 Å². The smallest absolute Gasteiger partial charge is 0.253 e. The summed E-state index contributed by atoms with van der Waals surface area (Å²) >= 11 is 0. The first-order valence-corrected chi connectivity index (χ1v) is 8.61. The summed E-state index contributed by atoms with van der Waals surface area (Å²) in [4.78, 5) is 30.3. The number of amides is 2. The molecule has 2 amide bonds. The average molecular weight is 315 g/mol. The third kappa shape index (κ3) is 3.49. The van der Waals surface area contributed by atoms with Crippen molar-refractivity contribution in [2.75, 3.05) is 44.2 Å². The molecule has 2 fully saturated rings. The molecule has 0 N–H and O–H groups in total. The van der Waals surface area contributed by atoms with Gasteiger partial charge >= 0.3 is 0 Å². The molecule has 0 saturated carbocycles. The van der Waals surface area contributed by atoms with E-state index >= 15 is 0 Å². The molecule has 3 rings (SSSR count). The largest absolute Gasteiger partial charge is 0.372 e. The van der Waals surface area contributed by atoms with Crippen molar-refractivity contribution in [1.82, 2.24) is 9.80 Å². The number of rotatable bonds is 3. The van der Waals surface area contributed by atoms with Gasteiger partial charge in [-0.15, -0.1) is 0 Å². The fourth-order valence-corrected chi connectivity index (χ4v) is 3.36. The average Bonchev–Trinajstić information content (AvgIpc) is 3.15. The zero-order valence-electron chi connectivity index (χ0n) is 13.8. The normalized spacial score (nSPS) is 18.4. The van der Waals surface area contributed by atoms with Gasteiger partial charge in [0.25, 0.3) is 5.91 Å². The number of benzene rings is 1. The lowest BCUT2D eigenvalue weighted by atomic mass is 10.1. The van der Waals surface area contributed by atoms with Gasteiger partial charge in [0.2, 0.25) is 5.91 Å². The zero-order valence-corrected chi connectivity index (χ0v) is 13.8. The van der Waals surface area contributed by atoms with Crippen LogP contribution >= 0.6 is 0 Å². The summed E-state index contributed by atoms with van der Waals surface area (Å²) < 4.78 is 0. The SMILES string of the molecule is CCC(=O)N1CCN(C(=O)c2ccc(N3CCCC3)cc2)CC1. The molecule has 0 aromatic heterocycles. The van der Waals surface area contributed by atoms with E-state index in [1.807, 2.05) is 28.9 Å². The topological polar surface area (TPSA) is 43.9 Å². The minimum absolute atomic E-state index is 0.0709. The number of anilines is 1. The molecule has 1 aromatic carbocycles. The van der Waals surface area contributed by atoms with Crippen molar-refractivity contribution in [2.24, 2.45) is 0 Å². The Balaban J connectivity index is 1.59. The second kappa shape index (κ2) is 7.02. The van der Waals surface area contributed by atoms with Crippen molar-refractivity contribution in [3.05, 3.63) is 29.8 Å². The van der Waals surface area contributed by atoms with Gasteiger partial charge in [0.15, 0.2) is 0 Å². The van der Waals surface area contributed by atoms with Gasteiger partial charge in [0, 0.05) is 56.9 Å². The molecule has 0 spiro atoms. The molecule has 2 aliphatic heterocycles. The highest BCUT2D eigenvalue weighted by molar-refractivity contribution is 5.94. The van der Waals surface area contributed by atoms with Crippen LogP contribution in [0.1, 0.15) is 36.5 Å². The predicted molar refractivity (Wildman–Crippen MR) is 90.7 cm³/mol. The zero-order chi connectivity index (χ0) is 16.2. The van der Waals surface area contributed by atoms with Crippen LogP contribution in [0.25, 0.3) is 0 Å². The predicted octanol–water partition coefficient (Wildman–Crippen LogP) is 1.98. The number of piperazine rings is 1. The Labute approximate surface area is 137 Å². The third-order valence-electron chi connectivity index (χ3n) is 4.81. The van der Waals surface area contributed by atoms with E-state index in [1.165, 1.54) is 18.5 Å². The molecule has 5 heteroatoms. The van der Waals surface area contributed by atoms with Crippen LogP contribution in [0.4, 0.5) is 5.69 Å². The summed E-state index contributed by atoms with van der Waals surface area (Å²) in [6.07, 6.45) is 3.04. The van der Waals surface area contributed by atoms with E-state index < -0.39 is 0 Å². The van der Waals surface area contributed by atoms with Gasteiger partial charge in [-0.3, -0.25) is 9.59 Å². The second-order valence-corrected chi connectivity index (χ2v) is 6.27. The van der Waals surface area contributed by atoms with Gasteiger partial charge in [-0.05, 0) is 37.1 Å². The Morgan fingerprint density at radius 2 is 1.43 bits per heavy atom. The molecule has 23 heavy (non-hydrogen) atoms. The number of hydrogen-bond acceptors (Lipinski definition) is 3. The Morgan fingerprint density at radius 3 is 2.00 bits per heavy atom. The van der Waals surface area contributed by atoms with E-state index in [0.29, 0.717) is 32.6 Å². The molecule has 1 aromatic rings. The summed E-state index contributed by atoms with van der Waals surface area (Å²) in [7, 11) is 0. The first-order valence-electron chi connectivity index (χ1n) is 8.61. The van der Waals surface area contributed by atoms with Crippen LogP contribution in [-0.4, -0.2) is 60.9 Å². The van der Waals surface area contributed by atoms with Gasteiger partial charge in [-0.1, -0.05) is 6.92 Å². The van der Waals surface area contributed by atoms with Gasteiger partial charge in [-0.2, -0.15) is 0 Å². The minimum Gasteiger partial charge on any atom is -0.372 e. The monoisotopic (exact) mass is 315 g/mol. The van der Waals surface area contributed by atoms with Gasteiger partial charge in [0.1, 0.15) is 0 Å². The standard InChI is InChI=1S/C18H25N3O2/c1-2-17(22)20-11-13-21(14-12-20)18(23)15-5-7-16(8-6-15)19-9-3-4-10-19/h5-8H,2-4,9-14H2,1H3. The third-order valence-corrected chi connectivity index (χ3v) is 4.81. The quantitative estimate of drug-likeness (QED) is 0.857. The lowest BCUT2D eigenvalue weighted by Gasteiger charge is -2.34. The van der Waals surface area contributed by atoms with E-state index in [1.54, 1.807) is 0 Å². The maximum absolute atomic E-state index is 12.6. The second-order valence-electron chi connectivity index (χ2n) is 6.27. The first-order chi connectivity index (χ1) is 11.2. The van der Waals surface area contributed by atoms with E-state index in [-0.39, 0.29) is 11.8 Å². The Hall–Kier alpha value is -2.04. The highest BCUT2D eigenvalue weighted by Crippen LogP contribution is 2.21. The number of carbonyl (C=O) groups is 2. The summed E-state index contributed by atoms with van der Waals surface area (Å²) in [5.41, 5.74) is 1.95. The lowest BCUT2D eigenvalue weighted by molar-refractivity contribution is -0.132. The van der Waals surface area contributed by atoms with Gasteiger partial charge < -0.3 is 14.7 Å². The number of hydrogen-bond donors (Lipinski definition) is 0. The van der Waals surface area contributed by atoms with E-state index in [4.69, 9.17) is 0 Å². The Kier molecular flexibility index (Phi) is 4.84. The van der Waals surface area contributed by atoms with E-state index in [0.717, 1.165) is 18.7 Å². The molecule has 0 bridgehead atoms. The van der Waals surface area contributed by atoms with E-state index in [2.05, 4.69) is 17.0 Å². The van der Waals surface area contributed by atoms with Crippen molar-refractivity contribution in [3.63, 3.8) is 0 Å². The molecule has 2 heterocycles. The van der Waals surface area contributed by atoms with Gasteiger partial charge in [-0.25, -0.2) is 0 Å². The molecule has 0 unspecified atom stereocenters. The molecule has 2 aliphatic rings. The Bertz CT molecular complexity index is 556. The molecule has 124 valence electrons. The molecular weight excluding hydrogens is 290 g/mol. The van der Waals surface area contributed by atoms with Crippen LogP contribution in [0.2, 0.25) is 0 Å². The maximum atomic E-state index is 12.6. The molecule has 0 atom stereocenters. The van der Waals surface area contributed by atoms with Crippen LogP contribution in [0, 0.1) is 0 Å².